The number of nitrogens with one attached hydrogen (secondary N) is 1. The molecule has 0 saturated carbocycles. The minimum Gasteiger partial charge on any atom is -0.396 e. The summed E-state index contributed by atoms with van der Waals surface area (Å²) >= 11 is 0. The fraction of sp³-hybridized carbons (Fsp3) is 0.833. The van der Waals surface area contributed by atoms with Gasteiger partial charge < -0.3 is 15.0 Å². The van der Waals surface area contributed by atoms with E-state index in [1.165, 1.54) is 0 Å². The first-order valence-electron chi connectivity index (χ1n) is 6.05. The monoisotopic (exact) mass is 240 g/mol. The number of hydrogen-bond acceptors (Lipinski definition) is 4. The molecule has 1 atom stereocenters. The van der Waals surface area contributed by atoms with Gasteiger partial charge in [0.05, 0.1) is 6.54 Å². The molecule has 1 unspecified atom stereocenters. The van der Waals surface area contributed by atoms with Gasteiger partial charge in [0.1, 0.15) is 11.6 Å². The normalized spacial score (nSPS) is 14.0. The standard InChI is InChI=1S/C12H24N4O/c1-9-14-15-11(16(9)5)8-13-10(6-7-17)12(2,3)4/h10,13,17H,6-8H2,1-5H3. The van der Waals surface area contributed by atoms with E-state index in [0.29, 0.717) is 6.54 Å². The topological polar surface area (TPSA) is 63.0 Å². The smallest absolute Gasteiger partial charge is 0.146 e. The SMILES string of the molecule is Cc1nnc(CNC(CCO)C(C)(C)C)n1C. The van der Waals surface area contributed by atoms with Crippen LogP contribution >= 0.6 is 0 Å². The molecule has 0 radical (unpaired) electrons. The van der Waals surface area contributed by atoms with E-state index >= 15 is 0 Å². The van der Waals surface area contributed by atoms with Crippen molar-refractivity contribution in [3.63, 3.8) is 0 Å². The van der Waals surface area contributed by atoms with Crippen molar-refractivity contribution in [2.24, 2.45) is 12.5 Å². The molecule has 0 aliphatic heterocycles. The molecule has 5 nitrogen and oxygen atoms in total. The molecule has 98 valence electrons. The molecular formula is C12H24N4O. The molecule has 0 aliphatic carbocycles. The lowest BCUT2D eigenvalue weighted by atomic mass is 9.85. The van der Waals surface area contributed by atoms with E-state index in [-0.39, 0.29) is 18.1 Å². The van der Waals surface area contributed by atoms with E-state index in [4.69, 9.17) is 5.11 Å². The summed E-state index contributed by atoms with van der Waals surface area (Å²) < 4.78 is 1.98. The molecule has 1 rings (SSSR count). The average molecular weight is 240 g/mol. The summed E-state index contributed by atoms with van der Waals surface area (Å²) in [6.45, 7) is 9.32. The summed E-state index contributed by atoms with van der Waals surface area (Å²) in [5.41, 5.74) is 0.121. The van der Waals surface area contributed by atoms with Crippen LogP contribution in [0.15, 0.2) is 0 Å². The number of rotatable bonds is 5. The van der Waals surface area contributed by atoms with E-state index in [1.807, 2.05) is 18.5 Å². The van der Waals surface area contributed by atoms with E-state index in [0.717, 1.165) is 18.1 Å². The Morgan fingerprint density at radius 1 is 1.35 bits per heavy atom. The number of aliphatic hydroxyl groups is 1. The van der Waals surface area contributed by atoms with E-state index in [1.54, 1.807) is 0 Å². The van der Waals surface area contributed by atoms with Gasteiger partial charge in [-0.15, -0.1) is 10.2 Å². The highest BCUT2D eigenvalue weighted by atomic mass is 16.3. The summed E-state index contributed by atoms with van der Waals surface area (Å²) in [7, 11) is 1.96. The molecule has 5 heteroatoms. The summed E-state index contributed by atoms with van der Waals surface area (Å²) in [6.07, 6.45) is 0.750. The Kier molecular flexibility index (Phi) is 4.65. The van der Waals surface area contributed by atoms with Gasteiger partial charge in [-0.3, -0.25) is 0 Å². The third-order valence-electron chi connectivity index (χ3n) is 3.15. The molecule has 0 aromatic carbocycles. The zero-order valence-corrected chi connectivity index (χ0v) is 11.5. The van der Waals surface area contributed by atoms with Gasteiger partial charge in [-0.1, -0.05) is 20.8 Å². The van der Waals surface area contributed by atoms with Crippen LogP contribution in [-0.4, -0.2) is 32.5 Å². The van der Waals surface area contributed by atoms with Gasteiger partial charge in [-0.25, -0.2) is 0 Å². The quantitative estimate of drug-likeness (QED) is 0.806. The average Bonchev–Trinajstić information content (AvgIpc) is 2.53. The van der Waals surface area contributed by atoms with Crippen LogP contribution in [0.25, 0.3) is 0 Å². The van der Waals surface area contributed by atoms with E-state index in [9.17, 15) is 0 Å². The second kappa shape index (κ2) is 5.60. The highest BCUT2D eigenvalue weighted by Gasteiger charge is 2.23. The molecule has 0 fully saturated rings. The molecule has 17 heavy (non-hydrogen) atoms. The Hall–Kier alpha value is -0.940. The van der Waals surface area contributed by atoms with Crippen molar-refractivity contribution in [1.29, 1.82) is 0 Å². The summed E-state index contributed by atoms with van der Waals surface area (Å²) in [5, 5.41) is 20.7. The first-order valence-corrected chi connectivity index (χ1v) is 6.05. The maximum absolute atomic E-state index is 9.08. The van der Waals surface area contributed by atoms with Gasteiger partial charge >= 0.3 is 0 Å². The minimum atomic E-state index is 0.121. The first-order chi connectivity index (χ1) is 7.86. The van der Waals surface area contributed by atoms with Crippen molar-refractivity contribution in [3.05, 3.63) is 11.6 Å². The van der Waals surface area contributed by atoms with Crippen LogP contribution in [0.3, 0.4) is 0 Å². The van der Waals surface area contributed by atoms with Gasteiger partial charge in [-0.2, -0.15) is 0 Å². The van der Waals surface area contributed by atoms with Crippen molar-refractivity contribution in [2.45, 2.75) is 46.7 Å². The van der Waals surface area contributed by atoms with Crippen LogP contribution in [-0.2, 0) is 13.6 Å². The Labute approximate surface area is 103 Å². The summed E-state index contributed by atoms with van der Waals surface area (Å²) in [4.78, 5) is 0. The van der Waals surface area contributed by atoms with Gasteiger partial charge in [-0.05, 0) is 18.8 Å². The number of hydrogen-bond donors (Lipinski definition) is 2. The van der Waals surface area contributed by atoms with Crippen molar-refractivity contribution < 1.29 is 5.11 Å². The van der Waals surface area contributed by atoms with Gasteiger partial charge in [0.25, 0.3) is 0 Å². The first kappa shape index (κ1) is 14.1. The Balaban J connectivity index is 2.61. The maximum atomic E-state index is 9.08. The lowest BCUT2D eigenvalue weighted by Crippen LogP contribution is -2.41. The molecular weight excluding hydrogens is 216 g/mol. The van der Waals surface area contributed by atoms with Crippen LogP contribution in [0.2, 0.25) is 0 Å². The van der Waals surface area contributed by atoms with E-state index in [2.05, 4.69) is 36.3 Å². The predicted molar refractivity (Wildman–Crippen MR) is 67.5 cm³/mol. The second-order valence-electron chi connectivity index (χ2n) is 5.53. The fourth-order valence-electron chi connectivity index (χ4n) is 1.79. The third-order valence-corrected chi connectivity index (χ3v) is 3.15. The van der Waals surface area contributed by atoms with Gasteiger partial charge in [0.15, 0.2) is 0 Å². The van der Waals surface area contributed by atoms with Gasteiger partial charge in [0.2, 0.25) is 0 Å². The van der Waals surface area contributed by atoms with Crippen molar-refractivity contribution >= 4 is 0 Å². The van der Waals surface area contributed by atoms with Gasteiger partial charge in [0, 0.05) is 19.7 Å². The zero-order valence-electron chi connectivity index (χ0n) is 11.5. The molecule has 1 heterocycles. The van der Waals surface area contributed by atoms with Crippen molar-refractivity contribution in [3.8, 4) is 0 Å². The molecule has 0 aliphatic rings. The van der Waals surface area contributed by atoms with Crippen LogP contribution in [0, 0.1) is 12.3 Å². The molecule has 0 bridgehead atoms. The summed E-state index contributed by atoms with van der Waals surface area (Å²) in [5.74, 6) is 1.84. The fourth-order valence-corrected chi connectivity index (χ4v) is 1.79. The largest absolute Gasteiger partial charge is 0.396 e. The lowest BCUT2D eigenvalue weighted by Gasteiger charge is -2.31. The van der Waals surface area contributed by atoms with Crippen LogP contribution in [0.1, 0.15) is 38.8 Å². The third kappa shape index (κ3) is 3.78. The zero-order chi connectivity index (χ0) is 13.1. The molecule has 2 N–H and O–H groups in total. The van der Waals surface area contributed by atoms with Crippen molar-refractivity contribution in [2.75, 3.05) is 6.61 Å². The van der Waals surface area contributed by atoms with Crippen molar-refractivity contribution in [1.82, 2.24) is 20.1 Å². The number of aromatic nitrogens is 3. The molecule has 1 aromatic heterocycles. The second-order valence-corrected chi connectivity index (χ2v) is 5.53. The number of aryl methyl sites for hydroxylation is 1. The number of aliphatic hydroxyl groups excluding tert-OH is 1. The van der Waals surface area contributed by atoms with Crippen LogP contribution in [0.5, 0.6) is 0 Å². The minimum absolute atomic E-state index is 0.121. The molecule has 0 spiro atoms. The Bertz CT molecular complexity index is 354. The maximum Gasteiger partial charge on any atom is 0.146 e. The molecule has 1 aromatic rings. The Morgan fingerprint density at radius 3 is 2.41 bits per heavy atom. The highest BCUT2D eigenvalue weighted by molar-refractivity contribution is 4.93. The summed E-state index contributed by atoms with van der Waals surface area (Å²) in [6, 6.07) is 0.268. The van der Waals surface area contributed by atoms with Crippen LogP contribution in [0.4, 0.5) is 0 Å². The lowest BCUT2D eigenvalue weighted by molar-refractivity contribution is 0.195. The molecule has 0 saturated heterocycles. The van der Waals surface area contributed by atoms with Crippen LogP contribution < -0.4 is 5.32 Å². The van der Waals surface area contributed by atoms with E-state index < -0.39 is 0 Å². The number of nitrogens with zero attached hydrogens (tertiary/aromatic N) is 3. The molecule has 0 amide bonds. The highest BCUT2D eigenvalue weighted by Crippen LogP contribution is 2.21. The predicted octanol–water partition coefficient (Wildman–Crippen LogP) is 1.01. The Morgan fingerprint density at radius 2 is 2.00 bits per heavy atom.